The average Bonchev–Trinajstić information content (AvgIpc) is 3.36. The summed E-state index contributed by atoms with van der Waals surface area (Å²) in [6, 6.07) is 12.0. The van der Waals surface area contributed by atoms with Gasteiger partial charge in [-0.05, 0) is 48.0 Å². The zero-order valence-electron chi connectivity index (χ0n) is 26.9. The fraction of sp³-hybridized carbons (Fsp3) is 0.152. The summed E-state index contributed by atoms with van der Waals surface area (Å²) in [5.74, 6) is -5.16. The van der Waals surface area contributed by atoms with Gasteiger partial charge < -0.3 is 20.5 Å². The lowest BCUT2D eigenvalue weighted by Crippen LogP contribution is -2.35. The largest absolute Gasteiger partial charge is 0.465 e. The minimum atomic E-state index is -3.73. The SMILES string of the molecule is Cn1nc(NC(=O)CS(C)(=O)=O)c2c(Cl)ccc(-n3c([C@H](Cc4cc(F)cc(F)c4)NC(=O)O)nc4nc(Oc5ccccc5F)ccc4c3=O)c21. The van der Waals surface area contributed by atoms with E-state index in [1.807, 2.05) is 0 Å². The standard InChI is InChI=1S/C33H25ClF3N7O7S/c1-43-28-23(9-8-20(34)27(28)30(42-43)39-25(45)15-52(2,49)50)44-31(22(38-33(47)48)13-16-11-17(35)14-18(36)12-16)41-29-19(32(44)46)7-10-26(40-29)51-24-6-4-3-5-21(24)37/h3-12,14,22,38H,13,15H2,1-2H3,(H,47,48)(H,39,42,45)/t22-/m0/s1. The van der Waals surface area contributed by atoms with Crippen molar-refractivity contribution in [1.29, 1.82) is 0 Å². The van der Waals surface area contributed by atoms with Crippen LogP contribution in [0.3, 0.4) is 0 Å². The van der Waals surface area contributed by atoms with Gasteiger partial charge in [0.15, 0.2) is 32.9 Å². The van der Waals surface area contributed by atoms with Crippen LogP contribution in [-0.2, 0) is 28.1 Å². The first-order valence-corrected chi connectivity index (χ1v) is 17.5. The highest BCUT2D eigenvalue weighted by atomic mass is 35.5. The van der Waals surface area contributed by atoms with Gasteiger partial charge in [0.1, 0.15) is 23.2 Å². The van der Waals surface area contributed by atoms with Crippen molar-refractivity contribution in [3.05, 3.63) is 111 Å². The van der Waals surface area contributed by atoms with Crippen molar-refractivity contribution in [1.82, 2.24) is 29.6 Å². The Morgan fingerprint density at radius 2 is 1.73 bits per heavy atom. The van der Waals surface area contributed by atoms with Crippen molar-refractivity contribution in [2.24, 2.45) is 7.05 Å². The van der Waals surface area contributed by atoms with Gasteiger partial charge in [-0.25, -0.2) is 31.4 Å². The highest BCUT2D eigenvalue weighted by Gasteiger charge is 2.28. The number of amides is 2. The van der Waals surface area contributed by atoms with Gasteiger partial charge in [0.05, 0.1) is 33.0 Å². The van der Waals surface area contributed by atoms with Gasteiger partial charge in [-0.15, -0.1) is 0 Å². The molecule has 19 heteroatoms. The highest BCUT2D eigenvalue weighted by molar-refractivity contribution is 7.91. The van der Waals surface area contributed by atoms with E-state index in [9.17, 15) is 41.1 Å². The number of para-hydroxylation sites is 1. The first-order valence-electron chi connectivity index (χ1n) is 15.0. The van der Waals surface area contributed by atoms with Crippen molar-refractivity contribution in [3.8, 4) is 17.3 Å². The molecule has 6 aromatic rings. The molecule has 0 saturated heterocycles. The number of anilines is 1. The fourth-order valence-electron chi connectivity index (χ4n) is 5.58. The molecule has 0 aliphatic rings. The monoisotopic (exact) mass is 755 g/mol. The van der Waals surface area contributed by atoms with Crippen LogP contribution in [-0.4, -0.2) is 61.8 Å². The lowest BCUT2D eigenvalue weighted by Gasteiger charge is -2.22. The van der Waals surface area contributed by atoms with Crippen molar-refractivity contribution in [2.45, 2.75) is 12.5 Å². The number of aryl methyl sites for hydroxylation is 1. The molecule has 0 radical (unpaired) electrons. The predicted molar refractivity (Wildman–Crippen MR) is 183 cm³/mol. The molecule has 0 unspecified atom stereocenters. The first-order chi connectivity index (χ1) is 24.6. The van der Waals surface area contributed by atoms with E-state index >= 15 is 0 Å². The van der Waals surface area contributed by atoms with Crippen LogP contribution in [0.1, 0.15) is 17.4 Å². The molecule has 1 atom stereocenters. The summed E-state index contributed by atoms with van der Waals surface area (Å²) in [7, 11) is -2.28. The maximum Gasteiger partial charge on any atom is 0.405 e. The smallest absolute Gasteiger partial charge is 0.405 e. The summed E-state index contributed by atoms with van der Waals surface area (Å²) in [5, 5.41) is 18.8. The van der Waals surface area contributed by atoms with Crippen LogP contribution in [0.5, 0.6) is 11.6 Å². The van der Waals surface area contributed by atoms with Crippen molar-refractivity contribution < 1.29 is 41.0 Å². The maximum absolute atomic E-state index is 14.5. The molecule has 3 aromatic heterocycles. The van der Waals surface area contributed by atoms with Crippen LogP contribution in [0, 0.1) is 17.5 Å². The van der Waals surface area contributed by atoms with E-state index in [4.69, 9.17) is 16.3 Å². The average molecular weight is 756 g/mol. The molecule has 0 bridgehead atoms. The molecule has 3 N–H and O–H groups in total. The third kappa shape index (κ3) is 7.52. The lowest BCUT2D eigenvalue weighted by molar-refractivity contribution is -0.113. The van der Waals surface area contributed by atoms with E-state index in [1.54, 1.807) is 0 Å². The van der Waals surface area contributed by atoms with Gasteiger partial charge >= 0.3 is 6.09 Å². The molecule has 2 amide bonds. The summed E-state index contributed by atoms with van der Waals surface area (Å²) in [6.07, 6.45) is -1.12. The van der Waals surface area contributed by atoms with Crippen molar-refractivity contribution >= 4 is 61.2 Å². The number of benzene rings is 3. The minimum absolute atomic E-state index is 0.000552. The molecule has 0 aliphatic heterocycles. The molecule has 0 saturated carbocycles. The Hall–Kier alpha value is -6.01. The molecular formula is C33H25ClF3N7O7S. The molecule has 14 nitrogen and oxygen atoms in total. The van der Waals surface area contributed by atoms with Crippen LogP contribution >= 0.6 is 11.6 Å². The number of nitrogens with one attached hydrogen (secondary N) is 2. The number of carbonyl (C=O) groups is 2. The Morgan fingerprint density at radius 1 is 1.02 bits per heavy atom. The number of sulfone groups is 1. The first kappa shape index (κ1) is 35.8. The third-order valence-electron chi connectivity index (χ3n) is 7.56. The third-order valence-corrected chi connectivity index (χ3v) is 8.67. The zero-order valence-corrected chi connectivity index (χ0v) is 28.5. The molecule has 3 heterocycles. The molecule has 52 heavy (non-hydrogen) atoms. The van der Waals surface area contributed by atoms with E-state index in [0.717, 1.165) is 29.0 Å². The van der Waals surface area contributed by atoms with Gasteiger partial charge in [0, 0.05) is 31.9 Å². The molecule has 0 aliphatic carbocycles. The van der Waals surface area contributed by atoms with Gasteiger partial charge in [0.2, 0.25) is 11.8 Å². The number of hydrogen-bond donors (Lipinski definition) is 3. The Labute approximate surface area is 296 Å². The summed E-state index contributed by atoms with van der Waals surface area (Å²) in [4.78, 5) is 48.0. The molecule has 268 valence electrons. The van der Waals surface area contributed by atoms with Crippen molar-refractivity contribution in [3.63, 3.8) is 0 Å². The number of carbonyl (C=O) groups excluding carboxylic acids is 1. The van der Waals surface area contributed by atoms with Crippen molar-refractivity contribution in [2.75, 3.05) is 17.3 Å². The number of hydrogen-bond acceptors (Lipinski definition) is 9. The van der Waals surface area contributed by atoms with E-state index < -0.39 is 63.1 Å². The topological polar surface area (TPSA) is 187 Å². The van der Waals surface area contributed by atoms with Crippen LogP contribution in [0.4, 0.5) is 23.8 Å². The van der Waals surface area contributed by atoms with Gasteiger partial charge in [-0.1, -0.05) is 23.7 Å². The lowest BCUT2D eigenvalue weighted by atomic mass is 10.0. The normalized spacial score (nSPS) is 12.2. The van der Waals surface area contributed by atoms with Gasteiger partial charge in [-0.2, -0.15) is 10.1 Å². The molecule has 0 fully saturated rings. The Bertz CT molecular complexity index is 2580. The van der Waals surface area contributed by atoms with Crippen LogP contribution in [0.25, 0.3) is 27.6 Å². The Morgan fingerprint density at radius 3 is 2.40 bits per heavy atom. The van der Waals surface area contributed by atoms with Gasteiger partial charge in [0.25, 0.3) is 5.56 Å². The summed E-state index contributed by atoms with van der Waals surface area (Å²) in [5.41, 5.74) is -0.928. The van der Waals surface area contributed by atoms with Crippen LogP contribution < -0.4 is 20.9 Å². The summed E-state index contributed by atoms with van der Waals surface area (Å²) in [6.45, 7) is 0. The van der Waals surface area contributed by atoms with E-state index in [1.165, 1.54) is 54.2 Å². The molecule has 0 spiro atoms. The quantitative estimate of drug-likeness (QED) is 0.171. The predicted octanol–water partition coefficient (Wildman–Crippen LogP) is 5.06. The molecular weight excluding hydrogens is 731 g/mol. The number of halogens is 4. The number of aromatic nitrogens is 5. The number of nitrogens with zero attached hydrogens (tertiary/aromatic N) is 5. The minimum Gasteiger partial charge on any atom is -0.465 e. The zero-order chi connectivity index (χ0) is 37.5. The number of carboxylic acid groups (broad SMARTS) is 1. The van der Waals surface area contributed by atoms with Crippen LogP contribution in [0.2, 0.25) is 5.02 Å². The van der Waals surface area contributed by atoms with E-state index in [0.29, 0.717) is 6.07 Å². The van der Waals surface area contributed by atoms with E-state index in [-0.39, 0.29) is 61.5 Å². The summed E-state index contributed by atoms with van der Waals surface area (Å²) >= 11 is 6.55. The number of rotatable bonds is 10. The molecule has 6 rings (SSSR count). The fourth-order valence-corrected chi connectivity index (χ4v) is 6.37. The number of pyridine rings is 1. The second-order valence-corrected chi connectivity index (χ2v) is 14.1. The second-order valence-electron chi connectivity index (χ2n) is 11.5. The van der Waals surface area contributed by atoms with Gasteiger partial charge in [-0.3, -0.25) is 18.8 Å². The number of ether oxygens (including phenoxy) is 1. The molecule has 3 aromatic carbocycles. The highest BCUT2D eigenvalue weighted by Crippen LogP contribution is 2.35. The number of fused-ring (bicyclic) bond motifs is 2. The maximum atomic E-state index is 14.5. The van der Waals surface area contributed by atoms with E-state index in [2.05, 4.69) is 25.7 Å². The second kappa shape index (κ2) is 14.0. The van der Waals surface area contributed by atoms with Crippen LogP contribution in [0.15, 0.2) is 71.5 Å². The Kier molecular flexibility index (Phi) is 9.61. The Balaban J connectivity index is 1.61. The summed E-state index contributed by atoms with van der Waals surface area (Å²) < 4.78 is 74.3.